The fraction of sp³-hybridized carbons (Fsp3) is 0.565. The summed E-state index contributed by atoms with van der Waals surface area (Å²) in [6, 6.07) is 8.57. The first-order chi connectivity index (χ1) is 15.4. The minimum atomic E-state index is -0.884. The van der Waals surface area contributed by atoms with Gasteiger partial charge in [-0.05, 0) is 56.6 Å². The first kappa shape index (κ1) is 22.1. The smallest absolute Gasteiger partial charge is 0.344 e. The highest BCUT2D eigenvalue weighted by Gasteiger charge is 2.53. The molecular weight excluding hydrogens is 412 g/mol. The predicted molar refractivity (Wildman–Crippen MR) is 115 cm³/mol. The number of para-hydroxylation sites is 1. The van der Waals surface area contributed by atoms with Crippen molar-refractivity contribution in [1.82, 2.24) is 20.7 Å². The summed E-state index contributed by atoms with van der Waals surface area (Å²) in [6.07, 6.45) is 3.86. The number of ether oxygens (including phenoxy) is 1. The number of nitrogens with one attached hydrogen (secondary N) is 2. The van der Waals surface area contributed by atoms with E-state index in [1.807, 2.05) is 18.2 Å². The number of carbonyl (C=O) groups is 4. The summed E-state index contributed by atoms with van der Waals surface area (Å²) in [4.78, 5) is 52.1. The molecule has 2 saturated heterocycles. The molecule has 2 heterocycles. The summed E-state index contributed by atoms with van der Waals surface area (Å²) in [5, 5.41) is 3.65. The number of hydrogen-bond donors (Lipinski definition) is 2. The number of benzene rings is 1. The van der Waals surface area contributed by atoms with E-state index >= 15 is 0 Å². The lowest BCUT2D eigenvalue weighted by Crippen LogP contribution is -2.53. The average Bonchev–Trinajstić information content (AvgIpc) is 3.04. The second-order valence-corrected chi connectivity index (χ2v) is 9.07. The van der Waals surface area contributed by atoms with E-state index < -0.39 is 11.6 Å². The number of piperidine rings is 1. The number of urea groups is 1. The van der Waals surface area contributed by atoms with Crippen molar-refractivity contribution < 1.29 is 23.9 Å². The van der Waals surface area contributed by atoms with Gasteiger partial charge in [-0.3, -0.25) is 19.8 Å². The minimum absolute atomic E-state index is 0.0516. The number of hydrazine groups is 1. The largest absolute Gasteiger partial charge is 0.484 e. The Hall–Kier alpha value is -3.10. The van der Waals surface area contributed by atoms with Crippen LogP contribution in [0.2, 0.25) is 0 Å². The fourth-order valence-electron chi connectivity index (χ4n) is 4.66. The Morgan fingerprint density at radius 1 is 1.09 bits per heavy atom. The standard InChI is InChI=1S/C23H30N4O5/c1-16-7-11-23(12-8-16)21(30)27(22(31)24-23)25-20(29)17-9-13-26(14-10-17)19(28)15-32-18-5-3-2-4-6-18/h2-6,16-17H,7-15H2,1H3,(H,24,31)(H,25,29). The molecule has 1 aromatic rings. The summed E-state index contributed by atoms with van der Waals surface area (Å²) >= 11 is 0. The molecule has 4 rings (SSSR count). The van der Waals surface area contributed by atoms with Crippen LogP contribution in [-0.2, 0) is 14.4 Å². The predicted octanol–water partition coefficient (Wildman–Crippen LogP) is 1.84. The van der Waals surface area contributed by atoms with Crippen molar-refractivity contribution in [1.29, 1.82) is 0 Å². The van der Waals surface area contributed by atoms with Crippen LogP contribution in [0.4, 0.5) is 4.79 Å². The molecule has 1 saturated carbocycles. The Balaban J connectivity index is 1.25. The maximum absolute atomic E-state index is 12.9. The van der Waals surface area contributed by atoms with Gasteiger partial charge in [0, 0.05) is 19.0 Å². The lowest BCUT2D eigenvalue weighted by Gasteiger charge is -2.34. The maximum Gasteiger partial charge on any atom is 0.344 e. The van der Waals surface area contributed by atoms with Crippen LogP contribution >= 0.6 is 0 Å². The SMILES string of the molecule is CC1CCC2(CC1)NC(=O)N(NC(=O)C1CCN(C(=O)COc3ccccc3)CC1)C2=O. The van der Waals surface area contributed by atoms with Crippen molar-refractivity contribution in [3.63, 3.8) is 0 Å². The van der Waals surface area contributed by atoms with Crippen LogP contribution in [0.1, 0.15) is 45.4 Å². The van der Waals surface area contributed by atoms with Crippen molar-refractivity contribution in [2.45, 2.75) is 51.0 Å². The van der Waals surface area contributed by atoms with Crippen LogP contribution in [0, 0.1) is 11.8 Å². The van der Waals surface area contributed by atoms with Crippen molar-refractivity contribution >= 4 is 23.8 Å². The third-order valence-electron chi connectivity index (χ3n) is 6.84. The van der Waals surface area contributed by atoms with Gasteiger partial charge >= 0.3 is 6.03 Å². The third kappa shape index (κ3) is 4.56. The molecule has 1 spiro atoms. The topological polar surface area (TPSA) is 108 Å². The molecule has 1 aliphatic carbocycles. The molecule has 2 aliphatic heterocycles. The van der Waals surface area contributed by atoms with Crippen LogP contribution in [0.5, 0.6) is 5.75 Å². The molecule has 0 bridgehead atoms. The number of carbonyl (C=O) groups excluding carboxylic acids is 4. The molecule has 0 aromatic heterocycles. The molecule has 2 N–H and O–H groups in total. The molecule has 0 atom stereocenters. The van der Waals surface area contributed by atoms with Gasteiger partial charge in [0.1, 0.15) is 11.3 Å². The van der Waals surface area contributed by atoms with Crippen LogP contribution < -0.4 is 15.5 Å². The van der Waals surface area contributed by atoms with Crippen molar-refractivity contribution in [3.8, 4) is 5.75 Å². The highest BCUT2D eigenvalue weighted by molar-refractivity contribution is 6.08. The monoisotopic (exact) mass is 442 g/mol. The second-order valence-electron chi connectivity index (χ2n) is 9.07. The van der Waals surface area contributed by atoms with E-state index in [0.717, 1.165) is 17.9 Å². The summed E-state index contributed by atoms with van der Waals surface area (Å²) in [5.41, 5.74) is 1.64. The second kappa shape index (κ2) is 9.18. The number of likely N-dealkylation sites (tertiary alicyclic amines) is 1. The molecule has 0 unspecified atom stereocenters. The normalized spacial score (nSPS) is 26.2. The van der Waals surface area contributed by atoms with Gasteiger partial charge in [-0.15, -0.1) is 0 Å². The van der Waals surface area contributed by atoms with E-state index in [-0.39, 0.29) is 30.2 Å². The average molecular weight is 443 g/mol. The number of amides is 5. The minimum Gasteiger partial charge on any atom is -0.484 e. The molecule has 32 heavy (non-hydrogen) atoms. The summed E-state index contributed by atoms with van der Waals surface area (Å²) in [7, 11) is 0. The highest BCUT2D eigenvalue weighted by Crippen LogP contribution is 2.36. The Labute approximate surface area is 187 Å². The van der Waals surface area contributed by atoms with E-state index in [2.05, 4.69) is 17.7 Å². The van der Waals surface area contributed by atoms with Gasteiger partial charge in [0.25, 0.3) is 11.8 Å². The van der Waals surface area contributed by atoms with Crippen molar-refractivity contribution in [2.75, 3.05) is 19.7 Å². The first-order valence-corrected chi connectivity index (χ1v) is 11.3. The van der Waals surface area contributed by atoms with Crippen LogP contribution in [0.3, 0.4) is 0 Å². The van der Waals surface area contributed by atoms with Gasteiger partial charge in [0.05, 0.1) is 0 Å². The molecule has 3 fully saturated rings. The van der Waals surface area contributed by atoms with E-state index in [9.17, 15) is 19.2 Å². The Morgan fingerprint density at radius 3 is 2.41 bits per heavy atom. The van der Waals surface area contributed by atoms with E-state index in [0.29, 0.717) is 50.4 Å². The van der Waals surface area contributed by atoms with Gasteiger partial charge in [-0.25, -0.2) is 4.79 Å². The van der Waals surface area contributed by atoms with Gasteiger partial charge in [0.2, 0.25) is 5.91 Å². The molecule has 172 valence electrons. The molecule has 0 radical (unpaired) electrons. The van der Waals surface area contributed by atoms with E-state index in [1.165, 1.54) is 0 Å². The zero-order valence-electron chi connectivity index (χ0n) is 18.3. The summed E-state index contributed by atoms with van der Waals surface area (Å²) < 4.78 is 5.51. The van der Waals surface area contributed by atoms with E-state index in [4.69, 9.17) is 4.74 Å². The summed E-state index contributed by atoms with van der Waals surface area (Å²) in [5.74, 6) is -0.0579. The lowest BCUT2D eigenvalue weighted by molar-refractivity contribution is -0.143. The Bertz CT molecular complexity index is 874. The van der Waals surface area contributed by atoms with Crippen molar-refractivity contribution in [2.24, 2.45) is 11.8 Å². The highest BCUT2D eigenvalue weighted by atomic mass is 16.5. The number of rotatable bonds is 5. The quantitative estimate of drug-likeness (QED) is 0.677. The molecule has 5 amide bonds. The van der Waals surface area contributed by atoms with Gasteiger partial charge in [0.15, 0.2) is 6.61 Å². The Kier molecular flexibility index (Phi) is 6.34. The zero-order valence-corrected chi connectivity index (χ0v) is 18.3. The third-order valence-corrected chi connectivity index (χ3v) is 6.84. The van der Waals surface area contributed by atoms with E-state index in [1.54, 1.807) is 17.0 Å². The number of hydrogen-bond acceptors (Lipinski definition) is 5. The van der Waals surface area contributed by atoms with Crippen LogP contribution in [0.25, 0.3) is 0 Å². The van der Waals surface area contributed by atoms with Crippen LogP contribution in [0.15, 0.2) is 30.3 Å². The lowest BCUT2D eigenvalue weighted by atomic mass is 9.77. The molecule has 1 aromatic carbocycles. The van der Waals surface area contributed by atoms with Gasteiger partial charge < -0.3 is 15.0 Å². The van der Waals surface area contributed by atoms with Crippen LogP contribution in [-0.4, -0.2) is 58.9 Å². The molecule has 9 heteroatoms. The maximum atomic E-state index is 12.9. The molecule has 3 aliphatic rings. The fourth-order valence-corrected chi connectivity index (χ4v) is 4.66. The molecule has 9 nitrogen and oxygen atoms in total. The number of nitrogens with zero attached hydrogens (tertiary/aromatic N) is 2. The van der Waals surface area contributed by atoms with Gasteiger partial charge in [-0.1, -0.05) is 25.1 Å². The Morgan fingerprint density at radius 2 is 1.75 bits per heavy atom. The van der Waals surface area contributed by atoms with Gasteiger partial charge in [-0.2, -0.15) is 5.01 Å². The van der Waals surface area contributed by atoms with Crippen molar-refractivity contribution in [3.05, 3.63) is 30.3 Å². The molecular formula is C23H30N4O5. The number of imide groups is 1. The first-order valence-electron chi connectivity index (χ1n) is 11.3. The zero-order chi connectivity index (χ0) is 22.7. The summed E-state index contributed by atoms with van der Waals surface area (Å²) in [6.45, 7) is 2.94.